The molecule has 5 heteroatoms. The van der Waals surface area contributed by atoms with Crippen molar-refractivity contribution in [3.63, 3.8) is 0 Å². The first-order chi connectivity index (χ1) is 9.10. The molecule has 1 fully saturated rings. The lowest BCUT2D eigenvalue weighted by atomic mass is 9.92. The number of benzene rings is 1. The van der Waals surface area contributed by atoms with Crippen molar-refractivity contribution in [1.29, 1.82) is 0 Å². The number of ketones is 1. The predicted molar refractivity (Wildman–Crippen MR) is 71.8 cm³/mol. The van der Waals surface area contributed by atoms with Gasteiger partial charge in [-0.1, -0.05) is 12.1 Å². The van der Waals surface area contributed by atoms with Crippen LogP contribution in [-0.2, 0) is 23.0 Å². The van der Waals surface area contributed by atoms with E-state index in [9.17, 15) is 4.79 Å². The van der Waals surface area contributed by atoms with E-state index < -0.39 is 5.54 Å². The molecule has 2 heterocycles. The Balaban J connectivity index is 1.89. The molecule has 19 heavy (non-hydrogen) atoms. The second kappa shape index (κ2) is 4.43. The van der Waals surface area contributed by atoms with Gasteiger partial charge < -0.3 is 15.0 Å². The molecule has 5 nitrogen and oxygen atoms in total. The van der Waals surface area contributed by atoms with Crippen LogP contribution in [0.2, 0.25) is 0 Å². The van der Waals surface area contributed by atoms with E-state index in [0.29, 0.717) is 19.6 Å². The minimum absolute atomic E-state index is 0.00315. The smallest absolute Gasteiger partial charge is 0.162 e. The van der Waals surface area contributed by atoms with E-state index in [2.05, 4.69) is 4.98 Å². The number of aryl methyl sites for hydroxylation is 1. The molecule has 1 saturated heterocycles. The van der Waals surface area contributed by atoms with E-state index in [1.54, 1.807) is 0 Å². The normalized spacial score (nSPS) is 23.1. The van der Waals surface area contributed by atoms with Crippen molar-refractivity contribution in [3.8, 4) is 0 Å². The van der Waals surface area contributed by atoms with Crippen LogP contribution in [0, 0.1) is 0 Å². The molecule has 0 radical (unpaired) electrons. The molecular formula is C14H17N3O2. The third kappa shape index (κ3) is 2.05. The van der Waals surface area contributed by atoms with Crippen molar-refractivity contribution in [2.75, 3.05) is 13.2 Å². The first kappa shape index (κ1) is 12.3. The second-order valence-electron chi connectivity index (χ2n) is 5.13. The summed E-state index contributed by atoms with van der Waals surface area (Å²) in [6.45, 7) is 0.876. The minimum Gasteiger partial charge on any atom is -0.379 e. The minimum atomic E-state index is -0.835. The molecule has 0 bridgehead atoms. The molecule has 1 aliphatic heterocycles. The summed E-state index contributed by atoms with van der Waals surface area (Å²) < 4.78 is 7.19. The zero-order valence-corrected chi connectivity index (χ0v) is 10.9. The van der Waals surface area contributed by atoms with Crippen LogP contribution >= 0.6 is 0 Å². The summed E-state index contributed by atoms with van der Waals surface area (Å²) in [5.41, 5.74) is 7.18. The van der Waals surface area contributed by atoms with Crippen molar-refractivity contribution in [2.24, 2.45) is 12.8 Å². The van der Waals surface area contributed by atoms with Crippen LogP contribution in [-0.4, -0.2) is 34.1 Å². The molecule has 2 aromatic rings. The number of fused-ring (bicyclic) bond motifs is 1. The highest BCUT2D eigenvalue weighted by Gasteiger charge is 2.38. The molecule has 2 N–H and O–H groups in total. The molecule has 1 aromatic heterocycles. The maximum Gasteiger partial charge on any atom is 0.162 e. The number of carbonyl (C=O) groups is 1. The van der Waals surface area contributed by atoms with Gasteiger partial charge in [0.15, 0.2) is 5.78 Å². The number of aromatic nitrogens is 2. The quantitative estimate of drug-likeness (QED) is 0.885. The van der Waals surface area contributed by atoms with Gasteiger partial charge in [-0.15, -0.1) is 0 Å². The number of nitrogens with zero attached hydrogens (tertiary/aromatic N) is 2. The number of hydrogen-bond acceptors (Lipinski definition) is 4. The van der Waals surface area contributed by atoms with Gasteiger partial charge in [-0.3, -0.25) is 4.79 Å². The maximum atomic E-state index is 12.3. The SMILES string of the molecule is Cn1c(CC(=O)C2(N)CCOC2)nc2ccccc21. The summed E-state index contributed by atoms with van der Waals surface area (Å²) in [4.78, 5) is 16.8. The van der Waals surface area contributed by atoms with Crippen LogP contribution in [0.1, 0.15) is 12.2 Å². The summed E-state index contributed by atoms with van der Waals surface area (Å²) >= 11 is 0. The molecule has 1 aliphatic rings. The van der Waals surface area contributed by atoms with Gasteiger partial charge in [0.1, 0.15) is 11.4 Å². The highest BCUT2D eigenvalue weighted by molar-refractivity contribution is 5.90. The number of Topliss-reactive ketones (excluding diaryl/α,β-unsaturated/α-hetero) is 1. The zero-order chi connectivity index (χ0) is 13.5. The van der Waals surface area contributed by atoms with Gasteiger partial charge in [0, 0.05) is 13.7 Å². The Kier molecular flexibility index (Phi) is 2.88. The largest absolute Gasteiger partial charge is 0.379 e. The van der Waals surface area contributed by atoms with Gasteiger partial charge in [-0.25, -0.2) is 4.98 Å². The third-order valence-electron chi connectivity index (χ3n) is 3.81. The van der Waals surface area contributed by atoms with E-state index in [1.165, 1.54) is 0 Å². The van der Waals surface area contributed by atoms with Crippen LogP contribution in [0.4, 0.5) is 0 Å². The molecule has 0 saturated carbocycles. The molecule has 0 spiro atoms. The lowest BCUT2D eigenvalue weighted by molar-refractivity contribution is -0.123. The number of ether oxygens (including phenoxy) is 1. The van der Waals surface area contributed by atoms with E-state index >= 15 is 0 Å². The van der Waals surface area contributed by atoms with Gasteiger partial charge in [0.2, 0.25) is 0 Å². The second-order valence-corrected chi connectivity index (χ2v) is 5.13. The predicted octanol–water partition coefficient (Wildman–Crippen LogP) is 0.803. The van der Waals surface area contributed by atoms with Gasteiger partial charge in [0.05, 0.1) is 24.1 Å². The molecule has 0 aliphatic carbocycles. The third-order valence-corrected chi connectivity index (χ3v) is 3.81. The summed E-state index contributed by atoms with van der Waals surface area (Å²) in [5, 5.41) is 0. The highest BCUT2D eigenvalue weighted by atomic mass is 16.5. The standard InChI is InChI=1S/C14H17N3O2/c1-17-11-5-3-2-4-10(11)16-13(17)8-12(18)14(15)6-7-19-9-14/h2-5H,6-9,15H2,1H3. The van der Waals surface area contributed by atoms with Gasteiger partial charge in [-0.05, 0) is 18.6 Å². The topological polar surface area (TPSA) is 70.1 Å². The highest BCUT2D eigenvalue weighted by Crippen LogP contribution is 2.20. The Bertz CT molecular complexity index is 627. The number of nitrogens with two attached hydrogens (primary N) is 1. The van der Waals surface area contributed by atoms with Crippen molar-refractivity contribution in [1.82, 2.24) is 9.55 Å². The Morgan fingerprint density at radius 1 is 1.53 bits per heavy atom. The summed E-state index contributed by atoms with van der Waals surface area (Å²) in [7, 11) is 1.92. The van der Waals surface area contributed by atoms with Crippen molar-refractivity contribution in [2.45, 2.75) is 18.4 Å². The van der Waals surface area contributed by atoms with Crippen molar-refractivity contribution >= 4 is 16.8 Å². The number of carbonyl (C=O) groups excluding carboxylic acids is 1. The van der Waals surface area contributed by atoms with Crippen molar-refractivity contribution < 1.29 is 9.53 Å². The monoisotopic (exact) mass is 259 g/mol. The number of para-hydroxylation sites is 2. The number of rotatable bonds is 3. The lowest BCUT2D eigenvalue weighted by Gasteiger charge is -2.19. The van der Waals surface area contributed by atoms with E-state index in [1.807, 2.05) is 35.9 Å². The van der Waals surface area contributed by atoms with Crippen LogP contribution in [0.15, 0.2) is 24.3 Å². The van der Waals surface area contributed by atoms with Crippen LogP contribution < -0.4 is 5.73 Å². The molecule has 100 valence electrons. The summed E-state index contributed by atoms with van der Waals surface area (Å²) in [6.07, 6.45) is 0.848. The van der Waals surface area contributed by atoms with E-state index in [-0.39, 0.29) is 12.2 Å². The van der Waals surface area contributed by atoms with E-state index in [0.717, 1.165) is 16.9 Å². The lowest BCUT2D eigenvalue weighted by Crippen LogP contribution is -2.49. The van der Waals surface area contributed by atoms with Gasteiger partial charge >= 0.3 is 0 Å². The fraction of sp³-hybridized carbons (Fsp3) is 0.429. The number of imidazole rings is 1. The fourth-order valence-electron chi connectivity index (χ4n) is 2.47. The molecule has 1 atom stereocenters. The first-order valence-electron chi connectivity index (χ1n) is 6.40. The maximum absolute atomic E-state index is 12.3. The zero-order valence-electron chi connectivity index (χ0n) is 10.9. The van der Waals surface area contributed by atoms with Crippen LogP contribution in [0.5, 0.6) is 0 Å². The van der Waals surface area contributed by atoms with Crippen LogP contribution in [0.25, 0.3) is 11.0 Å². The molecular weight excluding hydrogens is 242 g/mol. The summed E-state index contributed by atoms with van der Waals surface area (Å²) in [5.74, 6) is 0.756. The van der Waals surface area contributed by atoms with Gasteiger partial charge in [-0.2, -0.15) is 0 Å². The van der Waals surface area contributed by atoms with Crippen LogP contribution in [0.3, 0.4) is 0 Å². The first-order valence-corrected chi connectivity index (χ1v) is 6.40. The number of hydrogen-bond donors (Lipinski definition) is 1. The summed E-state index contributed by atoms with van der Waals surface area (Å²) in [6, 6.07) is 7.84. The fourth-order valence-corrected chi connectivity index (χ4v) is 2.47. The Labute approximate surface area is 111 Å². The van der Waals surface area contributed by atoms with Gasteiger partial charge in [0.25, 0.3) is 0 Å². The molecule has 0 amide bonds. The molecule has 3 rings (SSSR count). The average Bonchev–Trinajstić information content (AvgIpc) is 2.97. The van der Waals surface area contributed by atoms with E-state index in [4.69, 9.17) is 10.5 Å². The Hall–Kier alpha value is -1.72. The average molecular weight is 259 g/mol. The van der Waals surface area contributed by atoms with Crippen molar-refractivity contribution in [3.05, 3.63) is 30.1 Å². The molecule has 1 unspecified atom stereocenters. The Morgan fingerprint density at radius 2 is 2.32 bits per heavy atom. The Morgan fingerprint density at radius 3 is 3.00 bits per heavy atom. The molecule has 1 aromatic carbocycles.